The average molecular weight is 386 g/mol. The van der Waals surface area contributed by atoms with Crippen LogP contribution in [-0.4, -0.2) is 23.4 Å². The molecule has 3 heteroatoms. The van der Waals surface area contributed by atoms with Crippen LogP contribution in [0.25, 0.3) is 10.9 Å². The summed E-state index contributed by atoms with van der Waals surface area (Å²) < 4.78 is 0. The fourth-order valence-electron chi connectivity index (χ4n) is 3.85. The van der Waals surface area contributed by atoms with Gasteiger partial charge in [-0.3, -0.25) is 9.98 Å². The molecule has 0 fully saturated rings. The van der Waals surface area contributed by atoms with E-state index < -0.39 is 0 Å². The minimum Gasteiger partial charge on any atom is -0.324 e. The van der Waals surface area contributed by atoms with Crippen molar-refractivity contribution in [3.05, 3.63) is 71.9 Å². The van der Waals surface area contributed by atoms with Crippen LogP contribution in [-0.2, 0) is 5.41 Å². The first kappa shape index (κ1) is 19.6. The highest BCUT2D eigenvalue weighted by atomic mass is 15.3. The molecule has 150 valence electrons. The summed E-state index contributed by atoms with van der Waals surface area (Å²) in [6.45, 7) is 14.5. The molecule has 2 aromatic carbocycles. The second-order valence-corrected chi connectivity index (χ2v) is 10.1. The van der Waals surface area contributed by atoms with Crippen molar-refractivity contribution in [1.82, 2.24) is 4.98 Å². The Bertz CT molecular complexity index is 1040. The smallest absolute Gasteiger partial charge is 0.138 e. The van der Waals surface area contributed by atoms with Crippen molar-refractivity contribution in [2.45, 2.75) is 53.0 Å². The molecule has 0 spiro atoms. The van der Waals surface area contributed by atoms with Gasteiger partial charge in [-0.2, -0.15) is 0 Å². The van der Waals surface area contributed by atoms with E-state index in [1.165, 1.54) is 11.3 Å². The second kappa shape index (κ2) is 6.98. The Labute approximate surface area is 174 Å². The van der Waals surface area contributed by atoms with E-state index in [1.807, 2.05) is 12.3 Å². The highest BCUT2D eigenvalue weighted by Crippen LogP contribution is 2.34. The average Bonchev–Trinajstić information content (AvgIpc) is 3.12. The number of benzene rings is 2. The number of amidine groups is 1. The van der Waals surface area contributed by atoms with Crippen molar-refractivity contribution in [2.24, 2.45) is 10.4 Å². The lowest BCUT2D eigenvalue weighted by Gasteiger charge is -2.27. The maximum absolute atomic E-state index is 5.21. The van der Waals surface area contributed by atoms with Crippen LogP contribution < -0.4 is 4.90 Å². The van der Waals surface area contributed by atoms with Crippen LogP contribution in [0.15, 0.2) is 65.8 Å². The Morgan fingerprint density at radius 3 is 2.21 bits per heavy atom. The minimum atomic E-state index is 0.101. The molecule has 1 unspecified atom stereocenters. The topological polar surface area (TPSA) is 28.5 Å². The van der Waals surface area contributed by atoms with Crippen LogP contribution in [0.5, 0.6) is 0 Å². The molecule has 1 aliphatic rings. The molecule has 2 heterocycles. The summed E-state index contributed by atoms with van der Waals surface area (Å²) in [7, 11) is 0. The Balaban J connectivity index is 1.82. The molecular weight excluding hydrogens is 354 g/mol. The zero-order chi connectivity index (χ0) is 20.8. The molecule has 0 aliphatic carbocycles. The normalized spacial score (nSPS) is 17.7. The third-order valence-corrected chi connectivity index (χ3v) is 5.81. The van der Waals surface area contributed by atoms with Gasteiger partial charge in [0.05, 0.1) is 11.6 Å². The molecule has 0 radical (unpaired) electrons. The lowest BCUT2D eigenvalue weighted by Crippen LogP contribution is -2.34. The van der Waals surface area contributed by atoms with E-state index in [-0.39, 0.29) is 16.9 Å². The Hall–Kier alpha value is -2.68. The second-order valence-electron chi connectivity index (χ2n) is 10.1. The molecule has 4 rings (SSSR count). The van der Waals surface area contributed by atoms with Gasteiger partial charge in [0.25, 0.3) is 0 Å². The van der Waals surface area contributed by atoms with Crippen molar-refractivity contribution >= 4 is 22.4 Å². The highest BCUT2D eigenvalue weighted by molar-refractivity contribution is 6.17. The van der Waals surface area contributed by atoms with Crippen molar-refractivity contribution in [1.29, 1.82) is 0 Å². The fourth-order valence-corrected chi connectivity index (χ4v) is 3.85. The number of aromatic nitrogens is 1. The third-order valence-electron chi connectivity index (χ3n) is 5.81. The monoisotopic (exact) mass is 385 g/mol. The molecule has 3 aromatic rings. The van der Waals surface area contributed by atoms with Crippen LogP contribution >= 0.6 is 0 Å². The van der Waals surface area contributed by atoms with Gasteiger partial charge in [0, 0.05) is 29.4 Å². The van der Waals surface area contributed by atoms with Crippen LogP contribution in [0.2, 0.25) is 0 Å². The molecule has 1 aliphatic heterocycles. The Morgan fingerprint density at radius 2 is 1.55 bits per heavy atom. The number of hydrogen-bond acceptors (Lipinski definition) is 3. The summed E-state index contributed by atoms with van der Waals surface area (Å²) in [5, 5.41) is 1.15. The molecule has 0 amide bonds. The molecule has 0 saturated heterocycles. The van der Waals surface area contributed by atoms with Crippen molar-refractivity contribution in [3.63, 3.8) is 0 Å². The predicted molar refractivity (Wildman–Crippen MR) is 124 cm³/mol. The first-order valence-electron chi connectivity index (χ1n) is 10.4. The standard InChI is InChI=1S/C26H31N3/c1-25(2,3)19-12-14-20(15-13-19)29-17-22(26(4,5)6)28-24(29)21-11-7-9-18-10-8-16-27-23(18)21/h7-16,22H,17H2,1-6H3. The maximum atomic E-state index is 5.21. The van der Waals surface area contributed by atoms with E-state index in [1.54, 1.807) is 0 Å². The summed E-state index contributed by atoms with van der Waals surface area (Å²) >= 11 is 0. The number of rotatable bonds is 2. The molecule has 1 atom stereocenters. The lowest BCUT2D eigenvalue weighted by molar-refractivity contribution is 0.337. The molecule has 0 N–H and O–H groups in total. The zero-order valence-electron chi connectivity index (χ0n) is 18.4. The fraction of sp³-hybridized carbons (Fsp3) is 0.385. The minimum absolute atomic E-state index is 0.101. The number of nitrogens with zero attached hydrogens (tertiary/aromatic N) is 3. The van der Waals surface area contributed by atoms with Crippen molar-refractivity contribution in [3.8, 4) is 0 Å². The van der Waals surface area contributed by atoms with Crippen LogP contribution in [0.3, 0.4) is 0 Å². The largest absolute Gasteiger partial charge is 0.324 e. The van der Waals surface area contributed by atoms with Gasteiger partial charge in [0.2, 0.25) is 0 Å². The Morgan fingerprint density at radius 1 is 0.862 bits per heavy atom. The molecular formula is C26H31N3. The van der Waals surface area contributed by atoms with Crippen LogP contribution in [0, 0.1) is 5.41 Å². The summed E-state index contributed by atoms with van der Waals surface area (Å²) in [4.78, 5) is 12.3. The van der Waals surface area contributed by atoms with Crippen molar-refractivity contribution in [2.75, 3.05) is 11.4 Å². The van der Waals surface area contributed by atoms with Gasteiger partial charge in [-0.15, -0.1) is 0 Å². The van der Waals surface area contributed by atoms with Gasteiger partial charge in [0.15, 0.2) is 0 Å². The maximum Gasteiger partial charge on any atom is 0.138 e. The molecule has 0 saturated carbocycles. The number of hydrogen-bond donors (Lipinski definition) is 0. The van der Waals surface area contributed by atoms with Crippen LogP contribution in [0.4, 0.5) is 5.69 Å². The lowest BCUT2D eigenvalue weighted by atomic mass is 9.86. The van der Waals surface area contributed by atoms with E-state index in [4.69, 9.17) is 4.99 Å². The van der Waals surface area contributed by atoms with Gasteiger partial charge < -0.3 is 4.90 Å². The first-order chi connectivity index (χ1) is 13.6. The van der Waals surface area contributed by atoms with Crippen LogP contribution in [0.1, 0.15) is 52.7 Å². The van der Waals surface area contributed by atoms with Gasteiger partial charge >= 0.3 is 0 Å². The van der Waals surface area contributed by atoms with Gasteiger partial charge in [-0.05, 0) is 40.7 Å². The van der Waals surface area contributed by atoms with E-state index in [0.29, 0.717) is 0 Å². The molecule has 3 nitrogen and oxygen atoms in total. The van der Waals surface area contributed by atoms with E-state index in [0.717, 1.165) is 28.8 Å². The number of pyridine rings is 1. The third kappa shape index (κ3) is 3.78. The van der Waals surface area contributed by atoms with Gasteiger partial charge in [-0.1, -0.05) is 71.9 Å². The summed E-state index contributed by atoms with van der Waals surface area (Å²) in [5.41, 5.74) is 4.90. The van der Waals surface area contributed by atoms with E-state index in [9.17, 15) is 0 Å². The van der Waals surface area contributed by atoms with E-state index >= 15 is 0 Å². The summed E-state index contributed by atoms with van der Waals surface area (Å²) in [6.07, 6.45) is 1.87. The Kier molecular flexibility index (Phi) is 4.72. The van der Waals surface area contributed by atoms with Crippen molar-refractivity contribution < 1.29 is 0 Å². The number of aliphatic imine (C=N–C) groups is 1. The molecule has 1 aromatic heterocycles. The number of fused-ring (bicyclic) bond motifs is 1. The summed E-state index contributed by atoms with van der Waals surface area (Å²) in [6, 6.07) is 19.7. The number of anilines is 1. The molecule has 0 bridgehead atoms. The zero-order valence-corrected chi connectivity index (χ0v) is 18.4. The first-order valence-corrected chi connectivity index (χ1v) is 10.4. The SMILES string of the molecule is CC(C)(C)c1ccc(N2CC(C(C)(C)C)N=C2c2cccc3cccnc23)cc1. The highest BCUT2D eigenvalue weighted by Gasteiger charge is 2.35. The number of para-hydroxylation sites is 1. The summed E-state index contributed by atoms with van der Waals surface area (Å²) in [5.74, 6) is 1.03. The quantitative estimate of drug-likeness (QED) is 0.524. The predicted octanol–water partition coefficient (Wildman–Crippen LogP) is 6.21. The van der Waals surface area contributed by atoms with E-state index in [2.05, 4.69) is 100.0 Å². The van der Waals surface area contributed by atoms with Gasteiger partial charge in [-0.25, -0.2) is 0 Å². The molecule has 29 heavy (non-hydrogen) atoms. The van der Waals surface area contributed by atoms with Gasteiger partial charge in [0.1, 0.15) is 5.84 Å².